The molecule has 0 N–H and O–H groups in total. The van der Waals surface area contributed by atoms with Crippen LogP contribution in [-0.4, -0.2) is 35.1 Å². The van der Waals surface area contributed by atoms with Crippen LogP contribution in [0.3, 0.4) is 0 Å². The highest BCUT2D eigenvalue weighted by Gasteiger charge is 2.25. The molecular weight excluding hydrogens is 250 g/mol. The molecule has 1 aromatic carbocycles. The van der Waals surface area contributed by atoms with E-state index in [-0.39, 0.29) is 0 Å². The minimum atomic E-state index is 0.435. The Labute approximate surface area is 119 Å². The number of benzene rings is 1. The van der Waals surface area contributed by atoms with Gasteiger partial charge in [-0.3, -0.25) is 4.90 Å². The summed E-state index contributed by atoms with van der Waals surface area (Å²) < 4.78 is 5.10. The zero-order valence-electron chi connectivity index (χ0n) is 11.7. The fraction of sp³-hybridized carbons (Fsp3) is 0.375. The van der Waals surface area contributed by atoms with Gasteiger partial charge in [0, 0.05) is 19.0 Å². The first-order valence-electron chi connectivity index (χ1n) is 6.97. The predicted octanol–water partition coefficient (Wildman–Crippen LogP) is 2.47. The number of hydrogen-bond donors (Lipinski definition) is 0. The van der Waals surface area contributed by atoms with Gasteiger partial charge in [0.05, 0.1) is 19.5 Å². The summed E-state index contributed by atoms with van der Waals surface area (Å²) in [7, 11) is 1.63. The van der Waals surface area contributed by atoms with Crippen LogP contribution in [0.15, 0.2) is 42.7 Å². The van der Waals surface area contributed by atoms with Gasteiger partial charge in [0.15, 0.2) is 5.75 Å². The molecule has 0 radical (unpaired) electrons. The van der Waals surface area contributed by atoms with Gasteiger partial charge in [-0.25, -0.2) is 9.97 Å². The Morgan fingerprint density at radius 3 is 2.65 bits per heavy atom. The minimum absolute atomic E-state index is 0.435. The van der Waals surface area contributed by atoms with Crippen molar-refractivity contribution in [1.82, 2.24) is 14.9 Å². The minimum Gasteiger partial charge on any atom is -0.494 e. The quantitative estimate of drug-likeness (QED) is 0.854. The van der Waals surface area contributed by atoms with Crippen molar-refractivity contribution in [2.75, 3.05) is 20.2 Å². The number of nitrogens with zero attached hydrogens (tertiary/aromatic N) is 3. The van der Waals surface area contributed by atoms with Gasteiger partial charge in [0.2, 0.25) is 0 Å². The second kappa shape index (κ2) is 6.01. The summed E-state index contributed by atoms with van der Waals surface area (Å²) in [6.07, 6.45) is 4.63. The first-order valence-corrected chi connectivity index (χ1v) is 6.97. The molecule has 1 atom stereocenters. The van der Waals surface area contributed by atoms with E-state index in [0.29, 0.717) is 11.7 Å². The molecule has 4 heteroatoms. The number of aromatic nitrogens is 2. The van der Waals surface area contributed by atoms with E-state index in [0.717, 1.165) is 31.9 Å². The van der Waals surface area contributed by atoms with Crippen LogP contribution in [0.5, 0.6) is 5.75 Å². The van der Waals surface area contributed by atoms with Gasteiger partial charge in [-0.2, -0.15) is 0 Å². The SMILES string of the molecule is COc1cnc(C2CCN(Cc3ccccc3)C2)nc1. The largest absolute Gasteiger partial charge is 0.494 e. The van der Waals surface area contributed by atoms with Gasteiger partial charge in [-0.15, -0.1) is 0 Å². The van der Waals surface area contributed by atoms with Crippen LogP contribution in [0, 0.1) is 0 Å². The van der Waals surface area contributed by atoms with Gasteiger partial charge in [-0.05, 0) is 18.5 Å². The summed E-state index contributed by atoms with van der Waals surface area (Å²) in [5, 5.41) is 0. The first-order chi connectivity index (χ1) is 9.85. The number of likely N-dealkylation sites (tertiary alicyclic amines) is 1. The van der Waals surface area contributed by atoms with Crippen molar-refractivity contribution < 1.29 is 4.74 Å². The summed E-state index contributed by atoms with van der Waals surface area (Å²) in [5.74, 6) is 2.08. The molecule has 0 spiro atoms. The molecule has 1 saturated heterocycles. The molecule has 1 unspecified atom stereocenters. The van der Waals surface area contributed by atoms with E-state index in [1.165, 1.54) is 5.56 Å². The van der Waals surface area contributed by atoms with Gasteiger partial charge in [0.1, 0.15) is 5.82 Å². The molecule has 0 amide bonds. The van der Waals surface area contributed by atoms with Crippen LogP contribution in [0.2, 0.25) is 0 Å². The molecule has 0 aliphatic carbocycles. The molecule has 3 rings (SSSR count). The van der Waals surface area contributed by atoms with Crippen LogP contribution in [0.4, 0.5) is 0 Å². The monoisotopic (exact) mass is 269 g/mol. The van der Waals surface area contributed by atoms with Crippen molar-refractivity contribution in [2.45, 2.75) is 18.9 Å². The van der Waals surface area contributed by atoms with E-state index < -0.39 is 0 Å². The zero-order chi connectivity index (χ0) is 13.8. The van der Waals surface area contributed by atoms with E-state index >= 15 is 0 Å². The third-order valence-electron chi connectivity index (χ3n) is 3.77. The van der Waals surface area contributed by atoms with Crippen molar-refractivity contribution >= 4 is 0 Å². The lowest BCUT2D eigenvalue weighted by atomic mass is 10.1. The third-order valence-corrected chi connectivity index (χ3v) is 3.77. The summed E-state index contributed by atoms with van der Waals surface area (Å²) in [6.45, 7) is 3.14. The Morgan fingerprint density at radius 1 is 1.20 bits per heavy atom. The molecule has 1 aromatic heterocycles. The lowest BCUT2D eigenvalue weighted by Gasteiger charge is -2.15. The normalized spacial score (nSPS) is 19.1. The highest BCUT2D eigenvalue weighted by atomic mass is 16.5. The Bertz CT molecular complexity index is 541. The second-order valence-corrected chi connectivity index (χ2v) is 5.19. The van der Waals surface area contributed by atoms with Crippen LogP contribution >= 0.6 is 0 Å². The van der Waals surface area contributed by atoms with E-state index in [1.807, 2.05) is 0 Å². The highest BCUT2D eigenvalue weighted by Crippen LogP contribution is 2.26. The Balaban J connectivity index is 1.61. The molecule has 0 saturated carbocycles. The molecule has 104 valence electrons. The van der Waals surface area contributed by atoms with Crippen molar-refractivity contribution in [3.8, 4) is 5.75 Å². The maximum Gasteiger partial charge on any atom is 0.155 e. The molecule has 1 aliphatic heterocycles. The Kier molecular flexibility index (Phi) is 3.92. The van der Waals surface area contributed by atoms with Gasteiger partial charge in [0.25, 0.3) is 0 Å². The van der Waals surface area contributed by atoms with E-state index in [9.17, 15) is 0 Å². The third kappa shape index (κ3) is 2.96. The van der Waals surface area contributed by atoms with E-state index in [4.69, 9.17) is 4.74 Å². The molecule has 1 aliphatic rings. The standard InChI is InChI=1S/C16H19N3O/c1-20-15-9-17-16(18-10-15)14-7-8-19(12-14)11-13-5-3-2-4-6-13/h2-6,9-10,14H,7-8,11-12H2,1H3. The van der Waals surface area contributed by atoms with Crippen molar-refractivity contribution in [2.24, 2.45) is 0 Å². The molecule has 2 heterocycles. The molecule has 2 aromatic rings. The maximum atomic E-state index is 5.10. The van der Waals surface area contributed by atoms with Crippen LogP contribution in [0.25, 0.3) is 0 Å². The lowest BCUT2D eigenvalue weighted by Crippen LogP contribution is -2.20. The van der Waals surface area contributed by atoms with Gasteiger partial charge in [-0.1, -0.05) is 30.3 Å². The van der Waals surface area contributed by atoms with E-state index in [2.05, 4.69) is 45.2 Å². The maximum absolute atomic E-state index is 5.10. The van der Waals surface area contributed by atoms with Crippen LogP contribution < -0.4 is 4.74 Å². The highest BCUT2D eigenvalue weighted by molar-refractivity contribution is 5.16. The number of methoxy groups -OCH3 is 1. The average molecular weight is 269 g/mol. The zero-order valence-corrected chi connectivity index (χ0v) is 11.7. The summed E-state index contributed by atoms with van der Waals surface area (Å²) >= 11 is 0. The van der Waals surface area contributed by atoms with Crippen LogP contribution in [0.1, 0.15) is 23.7 Å². The molecular formula is C16H19N3O. The number of rotatable bonds is 4. The Morgan fingerprint density at radius 2 is 1.95 bits per heavy atom. The van der Waals surface area contributed by atoms with Gasteiger partial charge >= 0.3 is 0 Å². The molecule has 4 nitrogen and oxygen atoms in total. The van der Waals surface area contributed by atoms with Crippen molar-refractivity contribution in [3.05, 3.63) is 54.1 Å². The molecule has 20 heavy (non-hydrogen) atoms. The second-order valence-electron chi connectivity index (χ2n) is 5.19. The van der Waals surface area contributed by atoms with E-state index in [1.54, 1.807) is 19.5 Å². The first kappa shape index (κ1) is 13.1. The van der Waals surface area contributed by atoms with Crippen molar-refractivity contribution in [1.29, 1.82) is 0 Å². The smallest absolute Gasteiger partial charge is 0.155 e. The average Bonchev–Trinajstić information content (AvgIpc) is 2.97. The fourth-order valence-electron chi connectivity index (χ4n) is 2.67. The number of hydrogen-bond acceptors (Lipinski definition) is 4. The van der Waals surface area contributed by atoms with Gasteiger partial charge < -0.3 is 4.74 Å². The molecule has 0 bridgehead atoms. The number of ether oxygens (including phenoxy) is 1. The molecule has 1 fully saturated rings. The topological polar surface area (TPSA) is 38.2 Å². The van der Waals surface area contributed by atoms with Crippen LogP contribution in [-0.2, 0) is 6.54 Å². The summed E-state index contributed by atoms with van der Waals surface area (Å²) in [6, 6.07) is 10.6. The summed E-state index contributed by atoms with van der Waals surface area (Å²) in [5.41, 5.74) is 1.36. The predicted molar refractivity (Wildman–Crippen MR) is 77.7 cm³/mol. The fourth-order valence-corrected chi connectivity index (χ4v) is 2.67. The van der Waals surface area contributed by atoms with Crippen molar-refractivity contribution in [3.63, 3.8) is 0 Å². The summed E-state index contributed by atoms with van der Waals surface area (Å²) in [4.78, 5) is 11.3. The lowest BCUT2D eigenvalue weighted by molar-refractivity contribution is 0.325. The Hall–Kier alpha value is -1.94.